The Morgan fingerprint density at radius 2 is 2.16 bits per heavy atom. The van der Waals surface area contributed by atoms with E-state index in [9.17, 15) is 4.79 Å². The Hall–Kier alpha value is -2.19. The summed E-state index contributed by atoms with van der Waals surface area (Å²) in [4.78, 5) is 15.8. The lowest BCUT2D eigenvalue weighted by atomic mass is 10.2. The van der Waals surface area contributed by atoms with Crippen LogP contribution in [0.4, 0.5) is 5.69 Å². The van der Waals surface area contributed by atoms with Gasteiger partial charge in [0.25, 0.3) is 5.91 Å². The van der Waals surface area contributed by atoms with Gasteiger partial charge in [-0.15, -0.1) is 0 Å². The minimum Gasteiger partial charge on any atom is -0.322 e. The van der Waals surface area contributed by atoms with Gasteiger partial charge in [0, 0.05) is 21.9 Å². The third-order valence-corrected chi connectivity index (χ3v) is 3.44. The summed E-state index contributed by atoms with van der Waals surface area (Å²) in [5.41, 5.74) is 2.37. The van der Waals surface area contributed by atoms with Crippen molar-refractivity contribution in [2.45, 2.75) is 6.92 Å². The average Bonchev–Trinajstić information content (AvgIpc) is 2.43. The second-order valence-electron chi connectivity index (χ2n) is 3.96. The molecule has 0 spiro atoms. The number of benzene rings is 1. The maximum absolute atomic E-state index is 12.0. The maximum Gasteiger partial charge on any atom is 0.255 e. The molecule has 0 bridgehead atoms. The molecule has 1 aromatic carbocycles. The van der Waals surface area contributed by atoms with Crippen molar-refractivity contribution in [3.05, 3.63) is 57.8 Å². The molecule has 2 rings (SSSR count). The standard InChI is InChI=1S/C14H10BrN3O/c1-9-6-11(2-3-13(9)15)18-14(19)10-4-5-17-12(7-10)8-16/h2-7H,1H3,(H,18,19). The van der Waals surface area contributed by atoms with E-state index in [-0.39, 0.29) is 11.6 Å². The van der Waals surface area contributed by atoms with Crippen LogP contribution in [0.2, 0.25) is 0 Å². The van der Waals surface area contributed by atoms with Gasteiger partial charge in [-0.3, -0.25) is 4.79 Å². The van der Waals surface area contributed by atoms with E-state index in [0.717, 1.165) is 10.0 Å². The number of hydrogen-bond donors (Lipinski definition) is 1. The number of carbonyl (C=O) groups excluding carboxylic acids is 1. The molecule has 1 amide bonds. The smallest absolute Gasteiger partial charge is 0.255 e. The van der Waals surface area contributed by atoms with Crippen LogP contribution < -0.4 is 5.32 Å². The molecule has 0 saturated heterocycles. The SMILES string of the molecule is Cc1cc(NC(=O)c2ccnc(C#N)c2)ccc1Br. The molecule has 0 radical (unpaired) electrons. The van der Waals surface area contributed by atoms with Crippen LogP contribution in [-0.4, -0.2) is 10.9 Å². The van der Waals surface area contributed by atoms with E-state index in [4.69, 9.17) is 5.26 Å². The van der Waals surface area contributed by atoms with E-state index in [1.54, 1.807) is 12.1 Å². The largest absolute Gasteiger partial charge is 0.322 e. The molecule has 2 aromatic rings. The number of carbonyl (C=O) groups is 1. The van der Waals surface area contributed by atoms with Gasteiger partial charge in [-0.1, -0.05) is 15.9 Å². The average molecular weight is 316 g/mol. The molecule has 0 aliphatic rings. The molecule has 0 unspecified atom stereocenters. The summed E-state index contributed by atoms with van der Waals surface area (Å²) in [5, 5.41) is 11.5. The van der Waals surface area contributed by atoms with Crippen molar-refractivity contribution in [3.8, 4) is 6.07 Å². The number of aromatic nitrogens is 1. The zero-order valence-electron chi connectivity index (χ0n) is 10.1. The highest BCUT2D eigenvalue weighted by Crippen LogP contribution is 2.20. The quantitative estimate of drug-likeness (QED) is 0.924. The first-order valence-corrected chi connectivity index (χ1v) is 6.33. The number of rotatable bonds is 2. The number of anilines is 1. The fourth-order valence-corrected chi connectivity index (χ4v) is 1.81. The summed E-state index contributed by atoms with van der Waals surface area (Å²) in [6.45, 7) is 1.94. The molecule has 0 aliphatic carbocycles. The molecule has 1 heterocycles. The first kappa shape index (κ1) is 13.2. The predicted molar refractivity (Wildman–Crippen MR) is 75.8 cm³/mol. The van der Waals surface area contributed by atoms with Crippen LogP contribution in [0.3, 0.4) is 0 Å². The van der Waals surface area contributed by atoms with E-state index >= 15 is 0 Å². The van der Waals surface area contributed by atoms with Crippen LogP contribution in [0.15, 0.2) is 41.0 Å². The van der Waals surface area contributed by atoms with Crippen LogP contribution in [0.25, 0.3) is 0 Å². The molecular weight excluding hydrogens is 306 g/mol. The number of amides is 1. The van der Waals surface area contributed by atoms with Crippen LogP contribution >= 0.6 is 15.9 Å². The zero-order chi connectivity index (χ0) is 13.8. The minimum absolute atomic E-state index is 0.222. The molecule has 19 heavy (non-hydrogen) atoms. The molecule has 1 N–H and O–H groups in total. The minimum atomic E-state index is -0.263. The van der Waals surface area contributed by atoms with Gasteiger partial charge in [0.1, 0.15) is 11.8 Å². The highest BCUT2D eigenvalue weighted by Gasteiger charge is 2.08. The van der Waals surface area contributed by atoms with Gasteiger partial charge in [-0.2, -0.15) is 5.26 Å². The molecule has 5 heteroatoms. The van der Waals surface area contributed by atoms with Crippen LogP contribution in [0.1, 0.15) is 21.6 Å². The van der Waals surface area contributed by atoms with Gasteiger partial charge in [0.15, 0.2) is 0 Å². The summed E-state index contributed by atoms with van der Waals surface area (Å²) in [6, 6.07) is 10.5. The Balaban J connectivity index is 2.21. The molecule has 0 fully saturated rings. The van der Waals surface area contributed by atoms with Gasteiger partial charge < -0.3 is 5.32 Å². The maximum atomic E-state index is 12.0. The lowest BCUT2D eigenvalue weighted by molar-refractivity contribution is 0.102. The number of hydrogen-bond acceptors (Lipinski definition) is 3. The van der Waals surface area contributed by atoms with Gasteiger partial charge in [0.05, 0.1) is 0 Å². The van der Waals surface area contributed by atoms with Crippen molar-refractivity contribution in [2.24, 2.45) is 0 Å². The Labute approximate surface area is 119 Å². The fourth-order valence-electron chi connectivity index (χ4n) is 1.56. The lowest BCUT2D eigenvalue weighted by Gasteiger charge is -2.07. The van der Waals surface area contributed by atoms with Crippen LogP contribution in [0.5, 0.6) is 0 Å². The molecule has 1 aromatic heterocycles. The van der Waals surface area contributed by atoms with Crippen molar-refractivity contribution >= 4 is 27.5 Å². The first-order valence-electron chi connectivity index (χ1n) is 5.54. The van der Waals surface area contributed by atoms with Crippen LogP contribution in [0, 0.1) is 18.3 Å². The Morgan fingerprint density at radius 1 is 1.37 bits per heavy atom. The first-order chi connectivity index (χ1) is 9.10. The number of aryl methyl sites for hydroxylation is 1. The topological polar surface area (TPSA) is 65.8 Å². The summed E-state index contributed by atoms with van der Waals surface area (Å²) >= 11 is 3.40. The van der Waals surface area contributed by atoms with E-state index in [2.05, 4.69) is 26.2 Å². The Bertz CT molecular complexity index is 677. The Kier molecular flexibility index (Phi) is 3.93. The molecule has 0 aliphatic heterocycles. The van der Waals surface area contributed by atoms with Gasteiger partial charge in [-0.25, -0.2) is 4.98 Å². The molecule has 0 saturated carbocycles. The highest BCUT2D eigenvalue weighted by molar-refractivity contribution is 9.10. The van der Waals surface area contributed by atoms with E-state index in [1.807, 2.05) is 25.1 Å². The van der Waals surface area contributed by atoms with Gasteiger partial charge >= 0.3 is 0 Å². The second kappa shape index (κ2) is 5.63. The summed E-state index contributed by atoms with van der Waals surface area (Å²) in [6.07, 6.45) is 1.44. The fraction of sp³-hybridized carbons (Fsp3) is 0.0714. The number of nitrogens with zero attached hydrogens (tertiary/aromatic N) is 2. The van der Waals surface area contributed by atoms with Crippen molar-refractivity contribution < 1.29 is 4.79 Å². The van der Waals surface area contributed by atoms with Gasteiger partial charge in [-0.05, 0) is 42.8 Å². The van der Waals surface area contributed by atoms with Crippen molar-refractivity contribution in [3.63, 3.8) is 0 Å². The van der Waals surface area contributed by atoms with Crippen molar-refractivity contribution in [2.75, 3.05) is 5.32 Å². The number of pyridine rings is 1. The summed E-state index contributed by atoms with van der Waals surface area (Å²) in [5.74, 6) is -0.263. The number of nitrogens with one attached hydrogen (secondary N) is 1. The van der Waals surface area contributed by atoms with E-state index < -0.39 is 0 Å². The van der Waals surface area contributed by atoms with E-state index in [0.29, 0.717) is 11.3 Å². The highest BCUT2D eigenvalue weighted by atomic mass is 79.9. The summed E-state index contributed by atoms with van der Waals surface area (Å²) < 4.78 is 0.987. The van der Waals surface area contributed by atoms with Crippen LogP contribution in [-0.2, 0) is 0 Å². The van der Waals surface area contributed by atoms with Crippen molar-refractivity contribution in [1.82, 2.24) is 4.98 Å². The lowest BCUT2D eigenvalue weighted by Crippen LogP contribution is -2.12. The third kappa shape index (κ3) is 3.18. The molecule has 0 atom stereocenters. The predicted octanol–water partition coefficient (Wildman–Crippen LogP) is 3.28. The van der Waals surface area contributed by atoms with Gasteiger partial charge in [0.2, 0.25) is 0 Å². The monoisotopic (exact) mass is 315 g/mol. The number of nitriles is 1. The normalized spacial score (nSPS) is 9.74. The third-order valence-electron chi connectivity index (χ3n) is 2.55. The zero-order valence-corrected chi connectivity index (χ0v) is 11.7. The molecule has 94 valence electrons. The van der Waals surface area contributed by atoms with Crippen molar-refractivity contribution in [1.29, 1.82) is 5.26 Å². The number of halogens is 1. The Morgan fingerprint density at radius 3 is 2.84 bits per heavy atom. The van der Waals surface area contributed by atoms with E-state index in [1.165, 1.54) is 12.3 Å². The molecule has 4 nitrogen and oxygen atoms in total. The molecular formula is C14H10BrN3O. The second-order valence-corrected chi connectivity index (χ2v) is 4.81. The summed E-state index contributed by atoms with van der Waals surface area (Å²) in [7, 11) is 0.